The number of carboxylic acids is 1. The zero-order valence-electron chi connectivity index (χ0n) is 10.2. The van der Waals surface area contributed by atoms with Crippen LogP contribution in [0.4, 0.5) is 4.79 Å². The lowest BCUT2D eigenvalue weighted by Gasteiger charge is -2.14. The maximum Gasteiger partial charge on any atom is 0.326 e. The van der Waals surface area contributed by atoms with Crippen molar-refractivity contribution < 1.29 is 24.2 Å². The first-order chi connectivity index (χ1) is 8.11. The number of hydrogen-bond donors (Lipinski definition) is 3. The number of carboxylic acid groups (broad SMARTS) is 1. The molecular weight excluding hydrogens is 228 g/mol. The standard InChI is InChI=1S/C10H20N2O5/c1-16-6-3-4-8(9(13)14)12-10(15)11-5-7-17-2/h8H,3-7H2,1-2H3,(H,13,14)(H2,11,12,15). The number of methoxy groups -OCH3 is 2. The summed E-state index contributed by atoms with van der Waals surface area (Å²) in [5, 5.41) is 13.7. The van der Waals surface area contributed by atoms with E-state index in [1.54, 1.807) is 7.11 Å². The van der Waals surface area contributed by atoms with Crippen molar-refractivity contribution in [1.82, 2.24) is 10.6 Å². The first-order valence-electron chi connectivity index (χ1n) is 5.36. The number of aliphatic carboxylic acids is 1. The van der Waals surface area contributed by atoms with Gasteiger partial charge in [-0.3, -0.25) is 0 Å². The molecule has 17 heavy (non-hydrogen) atoms. The van der Waals surface area contributed by atoms with Crippen molar-refractivity contribution in [2.75, 3.05) is 34.0 Å². The van der Waals surface area contributed by atoms with Crippen LogP contribution in [0.1, 0.15) is 12.8 Å². The Kier molecular flexibility index (Phi) is 9.08. The molecule has 0 rings (SSSR count). The summed E-state index contributed by atoms with van der Waals surface area (Å²) in [6.07, 6.45) is 0.909. The summed E-state index contributed by atoms with van der Waals surface area (Å²) >= 11 is 0. The van der Waals surface area contributed by atoms with Gasteiger partial charge in [0.05, 0.1) is 6.61 Å². The Bertz CT molecular complexity index is 235. The molecule has 3 N–H and O–H groups in total. The number of carbonyl (C=O) groups is 2. The van der Waals surface area contributed by atoms with Crippen LogP contribution in [0.25, 0.3) is 0 Å². The molecule has 0 heterocycles. The van der Waals surface area contributed by atoms with Crippen molar-refractivity contribution in [1.29, 1.82) is 0 Å². The molecule has 100 valence electrons. The Balaban J connectivity index is 3.89. The monoisotopic (exact) mass is 248 g/mol. The smallest absolute Gasteiger partial charge is 0.326 e. The molecule has 1 atom stereocenters. The lowest BCUT2D eigenvalue weighted by Crippen LogP contribution is -2.46. The van der Waals surface area contributed by atoms with Gasteiger partial charge in [0.1, 0.15) is 6.04 Å². The fourth-order valence-electron chi connectivity index (χ4n) is 1.17. The number of nitrogens with one attached hydrogen (secondary N) is 2. The largest absolute Gasteiger partial charge is 0.480 e. The summed E-state index contributed by atoms with van der Waals surface area (Å²) in [7, 11) is 3.06. The van der Waals surface area contributed by atoms with Crippen LogP contribution in [-0.2, 0) is 14.3 Å². The van der Waals surface area contributed by atoms with Gasteiger partial charge in [-0.05, 0) is 12.8 Å². The van der Waals surface area contributed by atoms with Gasteiger partial charge in [0.25, 0.3) is 0 Å². The molecule has 7 nitrogen and oxygen atoms in total. The number of carbonyl (C=O) groups excluding carboxylic acids is 1. The topological polar surface area (TPSA) is 96.9 Å². The van der Waals surface area contributed by atoms with E-state index in [-0.39, 0.29) is 0 Å². The van der Waals surface area contributed by atoms with E-state index in [1.807, 2.05) is 0 Å². The molecule has 0 aliphatic rings. The van der Waals surface area contributed by atoms with Gasteiger partial charge in [-0.2, -0.15) is 0 Å². The highest BCUT2D eigenvalue weighted by molar-refractivity contribution is 5.82. The molecule has 0 aliphatic heterocycles. The second kappa shape index (κ2) is 9.86. The van der Waals surface area contributed by atoms with E-state index < -0.39 is 18.0 Å². The van der Waals surface area contributed by atoms with Crippen molar-refractivity contribution in [2.45, 2.75) is 18.9 Å². The van der Waals surface area contributed by atoms with Crippen LogP contribution in [0.2, 0.25) is 0 Å². The first kappa shape index (κ1) is 15.7. The van der Waals surface area contributed by atoms with Crippen LogP contribution in [0.3, 0.4) is 0 Å². The molecule has 2 amide bonds. The van der Waals surface area contributed by atoms with Crippen molar-refractivity contribution >= 4 is 12.0 Å². The molecule has 0 spiro atoms. The van der Waals surface area contributed by atoms with E-state index in [9.17, 15) is 9.59 Å². The Morgan fingerprint density at radius 2 is 1.88 bits per heavy atom. The number of ether oxygens (including phenoxy) is 2. The van der Waals surface area contributed by atoms with E-state index in [0.717, 1.165) is 0 Å². The van der Waals surface area contributed by atoms with Gasteiger partial charge in [-0.1, -0.05) is 0 Å². The molecule has 0 bridgehead atoms. The third-order valence-corrected chi connectivity index (χ3v) is 2.04. The third kappa shape index (κ3) is 8.47. The molecule has 1 unspecified atom stereocenters. The molecule has 0 radical (unpaired) electrons. The van der Waals surface area contributed by atoms with Crippen LogP contribution in [0.15, 0.2) is 0 Å². The normalized spacial score (nSPS) is 11.9. The van der Waals surface area contributed by atoms with E-state index >= 15 is 0 Å². The summed E-state index contributed by atoms with van der Waals surface area (Å²) in [6.45, 7) is 1.19. The zero-order valence-corrected chi connectivity index (χ0v) is 10.2. The van der Waals surface area contributed by atoms with E-state index in [4.69, 9.17) is 14.6 Å². The van der Waals surface area contributed by atoms with Crippen LogP contribution < -0.4 is 10.6 Å². The Morgan fingerprint density at radius 1 is 1.24 bits per heavy atom. The minimum Gasteiger partial charge on any atom is -0.480 e. The molecule has 0 aliphatic carbocycles. The second-order valence-electron chi connectivity index (χ2n) is 3.42. The van der Waals surface area contributed by atoms with Gasteiger partial charge in [0, 0.05) is 27.4 Å². The molecule has 0 saturated heterocycles. The quantitative estimate of drug-likeness (QED) is 0.491. The average molecular weight is 248 g/mol. The van der Waals surface area contributed by atoms with E-state index in [2.05, 4.69) is 10.6 Å². The molecule has 7 heteroatoms. The molecule has 0 aromatic heterocycles. The van der Waals surface area contributed by atoms with Crippen LogP contribution >= 0.6 is 0 Å². The maximum absolute atomic E-state index is 11.3. The number of hydrogen-bond acceptors (Lipinski definition) is 4. The van der Waals surface area contributed by atoms with E-state index in [0.29, 0.717) is 32.6 Å². The highest BCUT2D eigenvalue weighted by Gasteiger charge is 2.18. The van der Waals surface area contributed by atoms with Crippen LogP contribution in [-0.4, -0.2) is 57.1 Å². The lowest BCUT2D eigenvalue weighted by molar-refractivity contribution is -0.139. The summed E-state index contributed by atoms with van der Waals surface area (Å²) in [4.78, 5) is 22.1. The number of amides is 2. The predicted molar refractivity (Wildman–Crippen MR) is 60.9 cm³/mol. The fourth-order valence-corrected chi connectivity index (χ4v) is 1.17. The second-order valence-corrected chi connectivity index (χ2v) is 3.42. The highest BCUT2D eigenvalue weighted by Crippen LogP contribution is 1.98. The Morgan fingerprint density at radius 3 is 2.41 bits per heavy atom. The van der Waals surface area contributed by atoms with E-state index in [1.165, 1.54) is 7.11 Å². The van der Waals surface area contributed by atoms with Crippen molar-refractivity contribution in [3.63, 3.8) is 0 Å². The third-order valence-electron chi connectivity index (χ3n) is 2.04. The predicted octanol–water partition coefficient (Wildman–Crippen LogP) is -0.188. The van der Waals surface area contributed by atoms with Crippen LogP contribution in [0, 0.1) is 0 Å². The molecule has 0 saturated carbocycles. The summed E-state index contributed by atoms with van der Waals surface area (Å²) in [6, 6.07) is -1.40. The van der Waals surface area contributed by atoms with Crippen molar-refractivity contribution in [2.24, 2.45) is 0 Å². The van der Waals surface area contributed by atoms with Crippen molar-refractivity contribution in [3.8, 4) is 0 Å². The minimum absolute atomic E-state index is 0.334. The number of urea groups is 1. The van der Waals surface area contributed by atoms with Gasteiger partial charge >= 0.3 is 12.0 Å². The zero-order chi connectivity index (χ0) is 13.1. The molecular formula is C10H20N2O5. The summed E-state index contributed by atoms with van der Waals surface area (Å²) < 4.78 is 9.57. The maximum atomic E-state index is 11.3. The summed E-state index contributed by atoms with van der Waals surface area (Å²) in [5.41, 5.74) is 0. The summed E-state index contributed by atoms with van der Waals surface area (Å²) in [5.74, 6) is -1.05. The van der Waals surface area contributed by atoms with Gasteiger partial charge in [-0.25, -0.2) is 9.59 Å². The Labute approximate surface area is 100 Å². The van der Waals surface area contributed by atoms with Gasteiger partial charge in [0.2, 0.25) is 0 Å². The molecule has 0 aromatic carbocycles. The highest BCUT2D eigenvalue weighted by atomic mass is 16.5. The van der Waals surface area contributed by atoms with Crippen molar-refractivity contribution in [3.05, 3.63) is 0 Å². The lowest BCUT2D eigenvalue weighted by atomic mass is 10.1. The molecule has 0 fully saturated rings. The van der Waals surface area contributed by atoms with Gasteiger partial charge < -0.3 is 25.2 Å². The average Bonchev–Trinajstić information content (AvgIpc) is 2.28. The van der Waals surface area contributed by atoms with Crippen LogP contribution in [0.5, 0.6) is 0 Å². The minimum atomic E-state index is -1.05. The SMILES string of the molecule is COCCCC(NC(=O)NCCOC)C(=O)O. The fraction of sp³-hybridized carbons (Fsp3) is 0.800. The molecule has 0 aromatic rings. The number of rotatable bonds is 9. The Hall–Kier alpha value is -1.34. The van der Waals surface area contributed by atoms with Gasteiger partial charge in [0.15, 0.2) is 0 Å². The van der Waals surface area contributed by atoms with Gasteiger partial charge in [-0.15, -0.1) is 0 Å². The first-order valence-corrected chi connectivity index (χ1v) is 5.36.